The SMILES string of the molecule is CCNC(=NCC(C)(C)c1cccs1)N(C)CC1CCOC1. The van der Waals surface area contributed by atoms with Crippen LogP contribution in [-0.4, -0.2) is 50.8 Å². The van der Waals surface area contributed by atoms with E-state index in [1.165, 1.54) is 4.88 Å². The number of hydrogen-bond acceptors (Lipinski definition) is 3. The van der Waals surface area contributed by atoms with E-state index in [-0.39, 0.29) is 5.41 Å². The van der Waals surface area contributed by atoms with Gasteiger partial charge >= 0.3 is 0 Å². The van der Waals surface area contributed by atoms with Crippen molar-refractivity contribution < 1.29 is 4.74 Å². The molecule has 124 valence electrons. The molecule has 2 rings (SSSR count). The average molecular weight is 324 g/mol. The zero-order chi connectivity index (χ0) is 16.0. The van der Waals surface area contributed by atoms with Crippen LogP contribution in [0.1, 0.15) is 32.1 Å². The van der Waals surface area contributed by atoms with Gasteiger partial charge in [0.2, 0.25) is 0 Å². The van der Waals surface area contributed by atoms with E-state index in [9.17, 15) is 0 Å². The lowest BCUT2D eigenvalue weighted by Crippen LogP contribution is -2.42. The van der Waals surface area contributed by atoms with Gasteiger partial charge in [0.05, 0.1) is 13.2 Å². The monoisotopic (exact) mass is 323 g/mol. The molecule has 4 nitrogen and oxygen atoms in total. The first-order valence-corrected chi connectivity index (χ1v) is 9.02. The Hall–Kier alpha value is -1.07. The molecule has 0 aliphatic carbocycles. The Bertz CT molecular complexity index is 464. The number of nitrogens with one attached hydrogen (secondary N) is 1. The van der Waals surface area contributed by atoms with Crippen LogP contribution in [0, 0.1) is 5.92 Å². The molecule has 1 atom stereocenters. The smallest absolute Gasteiger partial charge is 0.193 e. The number of thiophene rings is 1. The largest absolute Gasteiger partial charge is 0.381 e. The summed E-state index contributed by atoms with van der Waals surface area (Å²) in [7, 11) is 2.12. The van der Waals surface area contributed by atoms with Crippen molar-refractivity contribution in [1.29, 1.82) is 0 Å². The summed E-state index contributed by atoms with van der Waals surface area (Å²) < 4.78 is 5.48. The Morgan fingerprint density at radius 3 is 2.95 bits per heavy atom. The molecule has 1 aromatic rings. The summed E-state index contributed by atoms with van der Waals surface area (Å²) in [5, 5.41) is 5.55. The molecule has 1 fully saturated rings. The first-order chi connectivity index (χ1) is 10.5. The van der Waals surface area contributed by atoms with E-state index >= 15 is 0 Å². The zero-order valence-electron chi connectivity index (χ0n) is 14.3. The standard InChI is InChI=1S/C17H29N3OS/c1-5-18-16(20(4)11-14-8-9-21-12-14)19-13-17(2,3)15-7-6-10-22-15/h6-7,10,14H,5,8-9,11-13H2,1-4H3,(H,18,19). The third kappa shape index (κ3) is 4.71. The summed E-state index contributed by atoms with van der Waals surface area (Å²) in [4.78, 5) is 8.51. The van der Waals surface area contributed by atoms with Crippen LogP contribution in [0.15, 0.2) is 22.5 Å². The molecule has 0 aromatic carbocycles. The van der Waals surface area contributed by atoms with Crippen LogP contribution < -0.4 is 5.32 Å². The number of guanidine groups is 1. The second-order valence-corrected chi connectivity index (χ2v) is 7.59. The van der Waals surface area contributed by atoms with Gasteiger partial charge in [0.25, 0.3) is 0 Å². The van der Waals surface area contributed by atoms with Crippen molar-refractivity contribution in [2.75, 3.05) is 39.9 Å². The normalized spacial score (nSPS) is 19.5. The predicted octanol–water partition coefficient (Wildman–Crippen LogP) is 2.96. The molecule has 0 bridgehead atoms. The van der Waals surface area contributed by atoms with Crippen LogP contribution in [0.2, 0.25) is 0 Å². The number of hydrogen-bond donors (Lipinski definition) is 1. The maximum atomic E-state index is 5.48. The van der Waals surface area contributed by atoms with Crippen molar-refractivity contribution in [2.24, 2.45) is 10.9 Å². The third-order valence-corrected chi connectivity index (χ3v) is 5.30. The molecule has 1 unspecified atom stereocenters. The van der Waals surface area contributed by atoms with Gasteiger partial charge in [-0.25, -0.2) is 0 Å². The molecule has 0 radical (unpaired) electrons. The lowest BCUT2D eigenvalue weighted by molar-refractivity contribution is 0.181. The molecule has 1 N–H and O–H groups in total. The predicted molar refractivity (Wildman–Crippen MR) is 94.9 cm³/mol. The maximum Gasteiger partial charge on any atom is 0.193 e. The van der Waals surface area contributed by atoms with Crippen molar-refractivity contribution in [3.63, 3.8) is 0 Å². The van der Waals surface area contributed by atoms with E-state index in [1.807, 2.05) is 11.3 Å². The molecule has 1 aliphatic heterocycles. The number of ether oxygens (including phenoxy) is 1. The molecule has 1 aromatic heterocycles. The van der Waals surface area contributed by atoms with Crippen LogP contribution in [-0.2, 0) is 10.2 Å². The van der Waals surface area contributed by atoms with Crippen LogP contribution in [0.3, 0.4) is 0 Å². The van der Waals surface area contributed by atoms with Crippen LogP contribution in [0.5, 0.6) is 0 Å². The fourth-order valence-corrected chi connectivity index (χ4v) is 3.53. The highest BCUT2D eigenvalue weighted by Gasteiger charge is 2.23. The van der Waals surface area contributed by atoms with E-state index in [4.69, 9.17) is 9.73 Å². The Morgan fingerprint density at radius 1 is 1.55 bits per heavy atom. The molecule has 0 amide bonds. The minimum Gasteiger partial charge on any atom is -0.381 e. The fourth-order valence-electron chi connectivity index (χ4n) is 2.68. The first-order valence-electron chi connectivity index (χ1n) is 8.14. The minimum absolute atomic E-state index is 0.0755. The maximum absolute atomic E-state index is 5.48. The van der Waals surface area contributed by atoms with Crippen molar-refractivity contribution in [3.05, 3.63) is 22.4 Å². The summed E-state index contributed by atoms with van der Waals surface area (Å²) in [6.45, 7) is 11.1. The second-order valence-electron chi connectivity index (χ2n) is 6.64. The highest BCUT2D eigenvalue weighted by Crippen LogP contribution is 2.27. The van der Waals surface area contributed by atoms with Crippen molar-refractivity contribution in [3.8, 4) is 0 Å². The van der Waals surface area contributed by atoms with Gasteiger partial charge in [0.1, 0.15) is 0 Å². The van der Waals surface area contributed by atoms with Crippen molar-refractivity contribution in [1.82, 2.24) is 10.2 Å². The average Bonchev–Trinajstić information content (AvgIpc) is 3.16. The third-order valence-electron chi connectivity index (χ3n) is 4.06. The Kier molecular flexibility index (Phi) is 6.26. The van der Waals surface area contributed by atoms with Gasteiger partial charge in [0.15, 0.2) is 5.96 Å². The van der Waals surface area contributed by atoms with Gasteiger partial charge in [-0.2, -0.15) is 0 Å². The molecule has 22 heavy (non-hydrogen) atoms. The van der Waals surface area contributed by atoms with Crippen molar-refractivity contribution in [2.45, 2.75) is 32.6 Å². The van der Waals surface area contributed by atoms with Gasteiger partial charge < -0.3 is 15.0 Å². The van der Waals surface area contributed by atoms with E-state index < -0.39 is 0 Å². The van der Waals surface area contributed by atoms with Crippen LogP contribution >= 0.6 is 11.3 Å². The van der Waals surface area contributed by atoms with E-state index in [1.54, 1.807) is 0 Å². The van der Waals surface area contributed by atoms with E-state index in [0.717, 1.165) is 45.2 Å². The number of rotatable bonds is 6. The lowest BCUT2D eigenvalue weighted by Gasteiger charge is -2.27. The molecular weight excluding hydrogens is 294 g/mol. The topological polar surface area (TPSA) is 36.9 Å². The van der Waals surface area contributed by atoms with E-state index in [0.29, 0.717) is 5.92 Å². The fraction of sp³-hybridized carbons (Fsp3) is 0.706. The first kappa shape index (κ1) is 17.3. The Balaban J connectivity index is 1.99. The highest BCUT2D eigenvalue weighted by molar-refractivity contribution is 7.10. The number of nitrogens with zero attached hydrogens (tertiary/aromatic N) is 2. The lowest BCUT2D eigenvalue weighted by atomic mass is 9.92. The summed E-state index contributed by atoms with van der Waals surface area (Å²) in [6, 6.07) is 4.32. The Labute approximate surface area is 138 Å². The highest BCUT2D eigenvalue weighted by atomic mass is 32.1. The molecular formula is C17H29N3OS. The number of aliphatic imine (C=N–C) groups is 1. The molecule has 5 heteroatoms. The molecule has 0 spiro atoms. The molecule has 1 aliphatic rings. The van der Waals surface area contributed by atoms with Crippen LogP contribution in [0.25, 0.3) is 0 Å². The Morgan fingerprint density at radius 2 is 2.36 bits per heavy atom. The van der Waals surface area contributed by atoms with Gasteiger partial charge in [-0.15, -0.1) is 11.3 Å². The summed E-state index contributed by atoms with van der Waals surface area (Å²) in [6.07, 6.45) is 1.16. The summed E-state index contributed by atoms with van der Waals surface area (Å²) >= 11 is 1.81. The van der Waals surface area contributed by atoms with Gasteiger partial charge in [-0.3, -0.25) is 4.99 Å². The van der Waals surface area contributed by atoms with Crippen molar-refractivity contribution >= 4 is 17.3 Å². The van der Waals surface area contributed by atoms with Gasteiger partial charge in [-0.05, 0) is 24.8 Å². The molecule has 1 saturated heterocycles. The molecule has 2 heterocycles. The quantitative estimate of drug-likeness (QED) is 0.646. The second kappa shape index (κ2) is 7.97. The van der Waals surface area contributed by atoms with Gasteiger partial charge in [0, 0.05) is 43.0 Å². The molecule has 0 saturated carbocycles. The van der Waals surface area contributed by atoms with Crippen LogP contribution in [0.4, 0.5) is 0 Å². The van der Waals surface area contributed by atoms with Gasteiger partial charge in [-0.1, -0.05) is 19.9 Å². The zero-order valence-corrected chi connectivity index (χ0v) is 15.1. The van der Waals surface area contributed by atoms with E-state index in [2.05, 4.69) is 55.5 Å². The summed E-state index contributed by atoms with van der Waals surface area (Å²) in [5.41, 5.74) is 0.0755. The summed E-state index contributed by atoms with van der Waals surface area (Å²) in [5.74, 6) is 1.62. The minimum atomic E-state index is 0.0755.